The minimum Gasteiger partial charge on any atom is -0.298 e. The second-order valence-corrected chi connectivity index (χ2v) is 4.80. The van der Waals surface area contributed by atoms with Crippen LogP contribution in [0.4, 0.5) is 0 Å². The number of ketones is 1. The van der Waals surface area contributed by atoms with Crippen molar-refractivity contribution in [3.63, 3.8) is 0 Å². The first kappa shape index (κ1) is 9.72. The Hall–Kier alpha value is -0.370. The van der Waals surface area contributed by atoms with Crippen LogP contribution in [0.3, 0.4) is 0 Å². The number of Topliss-reactive ketones (excluding diaryl/α,β-unsaturated/α-hetero) is 1. The average molecular weight is 169 g/mol. The second kappa shape index (κ2) is 3.17. The Labute approximate surface area is 74.9 Å². The summed E-state index contributed by atoms with van der Waals surface area (Å²) in [6, 6.07) is 0. The predicted molar refractivity (Wildman–Crippen MR) is 50.1 cm³/mol. The van der Waals surface area contributed by atoms with Gasteiger partial charge in [0.2, 0.25) is 0 Å². The molecule has 70 valence electrons. The third-order valence-electron chi connectivity index (χ3n) is 2.44. The maximum atomic E-state index is 11.2. The van der Waals surface area contributed by atoms with E-state index in [1.54, 1.807) is 0 Å². The molecule has 1 aliphatic heterocycles. The average Bonchev–Trinajstić information content (AvgIpc) is 2.04. The molecule has 0 bridgehead atoms. The SMILES string of the molecule is CC(C)CN1CC(=O)CC1(C)C. The molecule has 1 rings (SSSR count). The van der Waals surface area contributed by atoms with Gasteiger partial charge in [0.15, 0.2) is 0 Å². The molecule has 1 aliphatic rings. The number of nitrogens with zero attached hydrogens (tertiary/aromatic N) is 1. The van der Waals surface area contributed by atoms with Crippen molar-refractivity contribution in [3.05, 3.63) is 0 Å². The van der Waals surface area contributed by atoms with Crippen LogP contribution >= 0.6 is 0 Å². The Morgan fingerprint density at radius 1 is 1.50 bits per heavy atom. The van der Waals surface area contributed by atoms with E-state index in [0.717, 1.165) is 13.0 Å². The van der Waals surface area contributed by atoms with Crippen LogP contribution in [0.25, 0.3) is 0 Å². The smallest absolute Gasteiger partial charge is 0.148 e. The number of hydrogen-bond acceptors (Lipinski definition) is 2. The van der Waals surface area contributed by atoms with Crippen molar-refractivity contribution in [1.82, 2.24) is 4.90 Å². The summed E-state index contributed by atoms with van der Waals surface area (Å²) in [7, 11) is 0. The Kier molecular flexibility index (Phi) is 2.57. The van der Waals surface area contributed by atoms with Gasteiger partial charge in [-0.2, -0.15) is 0 Å². The molecule has 0 N–H and O–H groups in total. The Morgan fingerprint density at radius 3 is 2.42 bits per heavy atom. The summed E-state index contributed by atoms with van der Waals surface area (Å²) in [4.78, 5) is 13.5. The Morgan fingerprint density at radius 2 is 2.08 bits per heavy atom. The summed E-state index contributed by atoms with van der Waals surface area (Å²) in [5.41, 5.74) is 0.0986. The summed E-state index contributed by atoms with van der Waals surface area (Å²) in [6.07, 6.45) is 0.722. The lowest BCUT2D eigenvalue weighted by Gasteiger charge is -2.31. The number of carbonyl (C=O) groups is 1. The van der Waals surface area contributed by atoms with Crippen LogP contribution in [0, 0.1) is 5.92 Å². The van der Waals surface area contributed by atoms with Gasteiger partial charge in [-0.3, -0.25) is 9.69 Å². The molecule has 0 aromatic carbocycles. The quantitative estimate of drug-likeness (QED) is 0.627. The topological polar surface area (TPSA) is 20.3 Å². The van der Waals surface area contributed by atoms with Crippen LogP contribution in [0.15, 0.2) is 0 Å². The van der Waals surface area contributed by atoms with E-state index >= 15 is 0 Å². The number of rotatable bonds is 2. The molecular formula is C10H19NO. The van der Waals surface area contributed by atoms with Crippen molar-refractivity contribution in [2.45, 2.75) is 39.7 Å². The van der Waals surface area contributed by atoms with Crippen molar-refractivity contribution < 1.29 is 4.79 Å². The minimum atomic E-state index is 0.0986. The van der Waals surface area contributed by atoms with Crippen molar-refractivity contribution in [1.29, 1.82) is 0 Å². The zero-order chi connectivity index (χ0) is 9.35. The van der Waals surface area contributed by atoms with Crippen LogP contribution in [-0.4, -0.2) is 29.3 Å². The molecule has 2 heteroatoms. The van der Waals surface area contributed by atoms with Gasteiger partial charge in [0.1, 0.15) is 5.78 Å². The van der Waals surface area contributed by atoms with E-state index in [2.05, 4.69) is 32.6 Å². The summed E-state index contributed by atoms with van der Waals surface area (Å²) >= 11 is 0. The molecule has 1 fully saturated rings. The van der Waals surface area contributed by atoms with Crippen molar-refractivity contribution in [3.8, 4) is 0 Å². The third kappa shape index (κ3) is 2.07. The van der Waals surface area contributed by atoms with Crippen LogP contribution in [0.5, 0.6) is 0 Å². The first-order valence-corrected chi connectivity index (χ1v) is 4.68. The summed E-state index contributed by atoms with van der Waals surface area (Å²) in [5, 5.41) is 0. The van der Waals surface area contributed by atoms with E-state index < -0.39 is 0 Å². The van der Waals surface area contributed by atoms with E-state index in [0.29, 0.717) is 18.2 Å². The molecule has 0 saturated carbocycles. The largest absolute Gasteiger partial charge is 0.298 e. The van der Waals surface area contributed by atoms with E-state index in [1.165, 1.54) is 0 Å². The van der Waals surface area contributed by atoms with Gasteiger partial charge in [-0.05, 0) is 19.8 Å². The van der Waals surface area contributed by atoms with Crippen LogP contribution < -0.4 is 0 Å². The standard InChI is InChI=1S/C10H19NO/c1-8(2)6-11-7-9(12)5-10(11,3)4/h8H,5-7H2,1-4H3. The monoisotopic (exact) mass is 169 g/mol. The van der Waals surface area contributed by atoms with Gasteiger partial charge in [-0.25, -0.2) is 0 Å². The first-order chi connectivity index (χ1) is 5.42. The highest BCUT2D eigenvalue weighted by atomic mass is 16.1. The zero-order valence-electron chi connectivity index (χ0n) is 8.55. The fourth-order valence-electron chi connectivity index (χ4n) is 1.83. The molecule has 0 aromatic heterocycles. The van der Waals surface area contributed by atoms with Gasteiger partial charge in [-0.15, -0.1) is 0 Å². The van der Waals surface area contributed by atoms with Gasteiger partial charge in [-0.1, -0.05) is 13.8 Å². The highest BCUT2D eigenvalue weighted by molar-refractivity contribution is 5.84. The zero-order valence-corrected chi connectivity index (χ0v) is 8.55. The molecule has 1 saturated heterocycles. The molecule has 0 unspecified atom stereocenters. The van der Waals surface area contributed by atoms with Crippen LogP contribution in [0.1, 0.15) is 34.1 Å². The Balaban J connectivity index is 2.59. The van der Waals surface area contributed by atoms with Gasteiger partial charge in [0.25, 0.3) is 0 Å². The Bertz CT molecular complexity index is 184. The van der Waals surface area contributed by atoms with E-state index in [1.807, 2.05) is 0 Å². The molecule has 2 nitrogen and oxygen atoms in total. The lowest BCUT2D eigenvalue weighted by atomic mass is 10.0. The van der Waals surface area contributed by atoms with Crippen molar-refractivity contribution >= 4 is 5.78 Å². The van der Waals surface area contributed by atoms with E-state index in [9.17, 15) is 4.79 Å². The first-order valence-electron chi connectivity index (χ1n) is 4.68. The minimum absolute atomic E-state index is 0.0986. The van der Waals surface area contributed by atoms with Gasteiger partial charge >= 0.3 is 0 Å². The number of likely N-dealkylation sites (tertiary alicyclic amines) is 1. The summed E-state index contributed by atoms with van der Waals surface area (Å²) in [5.74, 6) is 1.04. The van der Waals surface area contributed by atoms with Crippen LogP contribution in [-0.2, 0) is 4.79 Å². The molecule has 0 aliphatic carbocycles. The highest BCUT2D eigenvalue weighted by Gasteiger charge is 2.36. The normalized spacial score (nSPS) is 23.9. The summed E-state index contributed by atoms with van der Waals surface area (Å²) in [6.45, 7) is 10.4. The predicted octanol–water partition coefficient (Wildman–Crippen LogP) is 1.70. The van der Waals surface area contributed by atoms with Gasteiger partial charge < -0.3 is 0 Å². The van der Waals surface area contributed by atoms with Crippen LogP contribution in [0.2, 0.25) is 0 Å². The van der Waals surface area contributed by atoms with E-state index in [4.69, 9.17) is 0 Å². The van der Waals surface area contributed by atoms with Crippen molar-refractivity contribution in [2.75, 3.05) is 13.1 Å². The molecule has 0 amide bonds. The molecule has 0 aromatic rings. The van der Waals surface area contributed by atoms with E-state index in [-0.39, 0.29) is 5.54 Å². The molecular weight excluding hydrogens is 150 g/mol. The summed E-state index contributed by atoms with van der Waals surface area (Å²) < 4.78 is 0. The highest BCUT2D eigenvalue weighted by Crippen LogP contribution is 2.26. The molecule has 12 heavy (non-hydrogen) atoms. The van der Waals surface area contributed by atoms with Crippen molar-refractivity contribution in [2.24, 2.45) is 5.92 Å². The van der Waals surface area contributed by atoms with Gasteiger partial charge in [0, 0.05) is 18.5 Å². The second-order valence-electron chi connectivity index (χ2n) is 4.80. The van der Waals surface area contributed by atoms with Gasteiger partial charge in [0.05, 0.1) is 6.54 Å². The number of carbonyl (C=O) groups excluding carboxylic acids is 1. The maximum absolute atomic E-state index is 11.2. The maximum Gasteiger partial charge on any atom is 0.148 e. The lowest BCUT2D eigenvalue weighted by Crippen LogP contribution is -2.40. The molecule has 1 heterocycles. The fourth-order valence-corrected chi connectivity index (χ4v) is 1.83. The third-order valence-corrected chi connectivity index (χ3v) is 2.44. The molecule has 0 spiro atoms. The molecule has 0 atom stereocenters. The number of hydrogen-bond donors (Lipinski definition) is 0. The molecule has 0 radical (unpaired) electrons. The fraction of sp³-hybridized carbons (Fsp3) is 0.900. The lowest BCUT2D eigenvalue weighted by molar-refractivity contribution is -0.117.